The normalized spacial score (nSPS) is 8.33. The van der Waals surface area contributed by atoms with E-state index in [1.54, 1.807) is 0 Å². The summed E-state index contributed by atoms with van der Waals surface area (Å²) < 4.78 is 0. The summed E-state index contributed by atoms with van der Waals surface area (Å²) in [6.45, 7) is 0. The summed E-state index contributed by atoms with van der Waals surface area (Å²) in [5, 5.41) is 0. The second-order valence-corrected chi connectivity index (χ2v) is 1.43. The fourth-order valence-electron chi connectivity index (χ4n) is 0.460. The van der Waals surface area contributed by atoms with Crippen molar-refractivity contribution in [1.82, 2.24) is 9.97 Å². The molecular formula is C6H5N3. The van der Waals surface area contributed by atoms with E-state index in [1.807, 2.05) is 0 Å². The lowest BCUT2D eigenvalue weighted by Crippen LogP contribution is -1.95. The van der Waals surface area contributed by atoms with Gasteiger partial charge in [0.15, 0.2) is 11.5 Å². The summed E-state index contributed by atoms with van der Waals surface area (Å²) in [5.41, 5.74) is 5.72. The van der Waals surface area contributed by atoms with Crippen molar-refractivity contribution in [3.8, 4) is 12.3 Å². The van der Waals surface area contributed by atoms with Crippen LogP contribution in [0.25, 0.3) is 0 Å². The van der Waals surface area contributed by atoms with Crippen molar-refractivity contribution in [3.63, 3.8) is 0 Å². The fraction of sp³-hybridized carbons (Fsp3) is 0. The van der Waals surface area contributed by atoms with Gasteiger partial charge in [0.1, 0.15) is 0 Å². The highest BCUT2D eigenvalue weighted by atomic mass is 14.9. The number of hydrogen-bond acceptors (Lipinski definition) is 3. The maximum Gasteiger partial charge on any atom is 0.158 e. The van der Waals surface area contributed by atoms with Gasteiger partial charge < -0.3 is 5.73 Å². The summed E-state index contributed by atoms with van der Waals surface area (Å²) in [6, 6.07) is 0. The van der Waals surface area contributed by atoms with Crippen LogP contribution in [0.4, 0.5) is 5.82 Å². The van der Waals surface area contributed by atoms with E-state index in [1.165, 1.54) is 12.4 Å². The summed E-state index contributed by atoms with van der Waals surface area (Å²) in [5.74, 6) is 2.60. The van der Waals surface area contributed by atoms with Crippen molar-refractivity contribution in [2.75, 3.05) is 5.73 Å². The topological polar surface area (TPSA) is 51.8 Å². The average molecular weight is 119 g/mol. The monoisotopic (exact) mass is 119 g/mol. The Morgan fingerprint density at radius 2 is 2.11 bits per heavy atom. The molecule has 0 saturated carbocycles. The van der Waals surface area contributed by atoms with Gasteiger partial charge in [-0.15, -0.1) is 6.42 Å². The van der Waals surface area contributed by atoms with Crippen LogP contribution in [0.1, 0.15) is 5.69 Å². The molecule has 1 aromatic rings. The van der Waals surface area contributed by atoms with Crippen molar-refractivity contribution in [1.29, 1.82) is 0 Å². The number of anilines is 1. The van der Waals surface area contributed by atoms with Crippen LogP contribution in [0.5, 0.6) is 0 Å². The first kappa shape index (κ1) is 5.57. The molecular weight excluding hydrogens is 114 g/mol. The quantitative estimate of drug-likeness (QED) is 0.490. The molecule has 1 rings (SSSR count). The Morgan fingerprint density at radius 1 is 1.44 bits per heavy atom. The van der Waals surface area contributed by atoms with Crippen LogP contribution in [-0.4, -0.2) is 9.97 Å². The highest BCUT2D eigenvalue weighted by molar-refractivity contribution is 5.43. The Hall–Kier alpha value is -1.56. The SMILES string of the molecule is C#Cc1nccnc1N. The highest BCUT2D eigenvalue weighted by Gasteiger charge is 1.92. The van der Waals surface area contributed by atoms with Gasteiger partial charge in [0.2, 0.25) is 0 Å². The van der Waals surface area contributed by atoms with E-state index in [0.29, 0.717) is 11.5 Å². The zero-order valence-electron chi connectivity index (χ0n) is 4.70. The van der Waals surface area contributed by atoms with E-state index in [0.717, 1.165) is 0 Å². The van der Waals surface area contributed by atoms with Gasteiger partial charge in [0, 0.05) is 12.4 Å². The molecule has 0 aliphatic carbocycles. The third-order valence-corrected chi connectivity index (χ3v) is 0.863. The Balaban J connectivity index is 3.20. The largest absolute Gasteiger partial charge is 0.381 e. The lowest BCUT2D eigenvalue weighted by atomic mass is 10.4. The molecule has 9 heavy (non-hydrogen) atoms. The molecule has 0 aliphatic rings. The molecule has 0 unspecified atom stereocenters. The third kappa shape index (κ3) is 0.970. The van der Waals surface area contributed by atoms with Gasteiger partial charge in [0.05, 0.1) is 0 Å². The summed E-state index contributed by atoms with van der Waals surface area (Å²) in [4.78, 5) is 7.50. The predicted octanol–water partition coefficient (Wildman–Crippen LogP) is 0.0401. The molecule has 3 nitrogen and oxygen atoms in total. The van der Waals surface area contributed by atoms with E-state index in [2.05, 4.69) is 15.9 Å². The summed E-state index contributed by atoms with van der Waals surface area (Å²) in [6.07, 6.45) is 8.02. The molecule has 0 amide bonds. The van der Waals surface area contributed by atoms with Gasteiger partial charge in [-0.3, -0.25) is 0 Å². The van der Waals surface area contributed by atoms with Crippen LogP contribution >= 0.6 is 0 Å². The molecule has 0 radical (unpaired) electrons. The maximum absolute atomic E-state index is 5.31. The first-order valence-corrected chi connectivity index (χ1v) is 2.37. The van der Waals surface area contributed by atoms with Crippen molar-refractivity contribution in [3.05, 3.63) is 18.1 Å². The third-order valence-electron chi connectivity index (χ3n) is 0.863. The lowest BCUT2D eigenvalue weighted by molar-refractivity contribution is 1.19. The Labute approximate surface area is 52.9 Å². The van der Waals surface area contributed by atoms with Crippen LogP contribution in [0.3, 0.4) is 0 Å². The van der Waals surface area contributed by atoms with Gasteiger partial charge in [-0.05, 0) is 5.92 Å². The molecule has 3 heteroatoms. The molecule has 1 aromatic heterocycles. The molecule has 44 valence electrons. The van der Waals surface area contributed by atoms with Gasteiger partial charge in [-0.2, -0.15) is 0 Å². The van der Waals surface area contributed by atoms with Crippen LogP contribution < -0.4 is 5.73 Å². The Morgan fingerprint density at radius 3 is 2.56 bits per heavy atom. The molecule has 0 fully saturated rings. The Kier molecular flexibility index (Phi) is 1.32. The standard InChI is InChI=1S/C6H5N3/c1-2-5-6(7)9-4-3-8-5/h1,3-4H,(H2,7,9). The van der Waals surface area contributed by atoms with Crippen molar-refractivity contribution in [2.24, 2.45) is 0 Å². The van der Waals surface area contributed by atoms with Crippen molar-refractivity contribution < 1.29 is 0 Å². The summed E-state index contributed by atoms with van der Waals surface area (Å²) >= 11 is 0. The van der Waals surface area contributed by atoms with Gasteiger partial charge in [0.25, 0.3) is 0 Å². The molecule has 1 heterocycles. The van der Waals surface area contributed by atoms with Crippen LogP contribution in [-0.2, 0) is 0 Å². The Bertz CT molecular complexity index is 249. The van der Waals surface area contributed by atoms with E-state index < -0.39 is 0 Å². The van der Waals surface area contributed by atoms with E-state index in [9.17, 15) is 0 Å². The molecule has 0 bridgehead atoms. The number of nitrogen functional groups attached to an aromatic ring is 1. The second kappa shape index (κ2) is 2.14. The molecule has 0 spiro atoms. The van der Waals surface area contributed by atoms with Crippen LogP contribution in [0.15, 0.2) is 12.4 Å². The molecule has 0 atom stereocenters. The second-order valence-electron chi connectivity index (χ2n) is 1.43. The van der Waals surface area contributed by atoms with Gasteiger partial charge in [-0.25, -0.2) is 9.97 Å². The molecule has 2 N–H and O–H groups in total. The van der Waals surface area contributed by atoms with E-state index >= 15 is 0 Å². The number of rotatable bonds is 0. The zero-order valence-corrected chi connectivity index (χ0v) is 4.70. The average Bonchev–Trinajstić information content (AvgIpc) is 1.89. The minimum atomic E-state index is 0.306. The zero-order chi connectivity index (χ0) is 6.69. The van der Waals surface area contributed by atoms with Crippen LogP contribution in [0.2, 0.25) is 0 Å². The minimum absolute atomic E-state index is 0.306. The first-order valence-electron chi connectivity index (χ1n) is 2.37. The minimum Gasteiger partial charge on any atom is -0.381 e. The molecule has 0 aliphatic heterocycles. The smallest absolute Gasteiger partial charge is 0.158 e. The molecule has 0 aromatic carbocycles. The van der Waals surface area contributed by atoms with Crippen LogP contribution in [0, 0.1) is 12.3 Å². The van der Waals surface area contributed by atoms with E-state index in [-0.39, 0.29) is 0 Å². The number of aromatic nitrogens is 2. The maximum atomic E-state index is 5.31. The van der Waals surface area contributed by atoms with E-state index in [4.69, 9.17) is 12.2 Å². The van der Waals surface area contributed by atoms with Gasteiger partial charge >= 0.3 is 0 Å². The van der Waals surface area contributed by atoms with Gasteiger partial charge in [-0.1, -0.05) is 0 Å². The molecule has 0 saturated heterocycles. The first-order chi connectivity index (χ1) is 4.34. The van der Waals surface area contributed by atoms with Crippen molar-refractivity contribution >= 4 is 5.82 Å². The predicted molar refractivity (Wildman–Crippen MR) is 34.4 cm³/mol. The lowest BCUT2D eigenvalue weighted by Gasteiger charge is -1.90. The summed E-state index contributed by atoms with van der Waals surface area (Å²) in [7, 11) is 0. The number of terminal acetylenes is 1. The number of nitrogens with zero attached hydrogens (tertiary/aromatic N) is 2. The number of nitrogens with two attached hydrogens (primary N) is 1. The fourth-order valence-corrected chi connectivity index (χ4v) is 0.460. The number of hydrogen-bond donors (Lipinski definition) is 1. The highest BCUT2D eigenvalue weighted by Crippen LogP contribution is 1.98. The van der Waals surface area contributed by atoms with Crippen molar-refractivity contribution in [2.45, 2.75) is 0 Å².